The summed E-state index contributed by atoms with van der Waals surface area (Å²) in [5.74, 6) is 0.221. The van der Waals surface area contributed by atoms with Gasteiger partial charge in [-0.05, 0) is 48.7 Å². The molecule has 0 fully saturated rings. The zero-order valence-electron chi connectivity index (χ0n) is 21.7. The van der Waals surface area contributed by atoms with Crippen LogP contribution in [0, 0.1) is 18.3 Å². The molecule has 0 saturated carbocycles. The van der Waals surface area contributed by atoms with Crippen molar-refractivity contribution in [1.29, 1.82) is 5.26 Å². The van der Waals surface area contributed by atoms with E-state index >= 15 is 0 Å². The standard InChI is InChI=1S/C27H20Cl2N6O5S/c1-14(2)20-13-34(41(38,39)18-6-4-15(3)5-7-18)25-19(20)10-17(12-31-25)40-24-21(28)8-16(9-22(24)29)35-27(37)32-26(36)23(11-30)33-35/h4-10,12-14H,1-3H3,(H,32,36,37). The Labute approximate surface area is 243 Å². The molecule has 2 aromatic carbocycles. The lowest BCUT2D eigenvalue weighted by Crippen LogP contribution is -2.33. The zero-order chi connectivity index (χ0) is 29.6. The normalized spacial score (nSPS) is 11.6. The number of nitrogens with zero attached hydrogens (tertiary/aromatic N) is 5. The van der Waals surface area contributed by atoms with Gasteiger partial charge in [0, 0.05) is 11.6 Å². The van der Waals surface area contributed by atoms with Crippen molar-refractivity contribution in [3.05, 3.63) is 103 Å². The lowest BCUT2D eigenvalue weighted by Gasteiger charge is -2.12. The quantitative estimate of drug-likeness (QED) is 0.284. The van der Waals surface area contributed by atoms with Crippen molar-refractivity contribution in [2.75, 3.05) is 0 Å². The fourth-order valence-electron chi connectivity index (χ4n) is 4.14. The van der Waals surface area contributed by atoms with Crippen molar-refractivity contribution in [3.8, 4) is 23.3 Å². The maximum absolute atomic E-state index is 13.5. The lowest BCUT2D eigenvalue weighted by atomic mass is 10.0. The topological polar surface area (TPSA) is 153 Å². The summed E-state index contributed by atoms with van der Waals surface area (Å²) >= 11 is 12.9. The molecule has 0 aliphatic rings. The summed E-state index contributed by atoms with van der Waals surface area (Å²) in [4.78, 5) is 30.5. The minimum atomic E-state index is -3.93. The lowest BCUT2D eigenvalue weighted by molar-refractivity contribution is 0.481. The molecular formula is C27H20Cl2N6O5S. The molecule has 3 heterocycles. The fourth-order valence-corrected chi connectivity index (χ4v) is 6.02. The van der Waals surface area contributed by atoms with Crippen molar-refractivity contribution in [2.45, 2.75) is 31.6 Å². The monoisotopic (exact) mass is 610 g/mol. The van der Waals surface area contributed by atoms with Crippen LogP contribution in [-0.2, 0) is 10.0 Å². The van der Waals surface area contributed by atoms with E-state index in [9.17, 15) is 18.0 Å². The largest absolute Gasteiger partial charge is 0.453 e. The summed E-state index contributed by atoms with van der Waals surface area (Å²) in [6, 6.07) is 12.5. The Morgan fingerprint density at radius 2 is 1.73 bits per heavy atom. The molecule has 0 aliphatic carbocycles. The maximum atomic E-state index is 13.5. The van der Waals surface area contributed by atoms with E-state index in [1.54, 1.807) is 42.6 Å². The predicted octanol–water partition coefficient (Wildman–Crippen LogP) is 4.91. The number of nitriles is 1. The van der Waals surface area contributed by atoms with Gasteiger partial charge >= 0.3 is 5.69 Å². The van der Waals surface area contributed by atoms with Gasteiger partial charge in [-0.3, -0.25) is 9.78 Å². The molecule has 1 N–H and O–H groups in total. The van der Waals surface area contributed by atoms with E-state index in [-0.39, 0.29) is 43.7 Å². The van der Waals surface area contributed by atoms with Gasteiger partial charge in [-0.1, -0.05) is 54.7 Å². The van der Waals surface area contributed by atoms with Gasteiger partial charge in [0.2, 0.25) is 5.69 Å². The third-order valence-electron chi connectivity index (χ3n) is 6.20. The van der Waals surface area contributed by atoms with Crippen LogP contribution in [0.25, 0.3) is 16.7 Å². The van der Waals surface area contributed by atoms with Crippen LogP contribution in [0.4, 0.5) is 0 Å². The van der Waals surface area contributed by atoms with Crippen LogP contribution in [0.5, 0.6) is 11.5 Å². The number of halogens is 2. The van der Waals surface area contributed by atoms with E-state index < -0.39 is 27.0 Å². The zero-order valence-corrected chi connectivity index (χ0v) is 24.0. The first-order chi connectivity index (χ1) is 19.4. The molecule has 0 bridgehead atoms. The molecule has 11 nitrogen and oxygen atoms in total. The molecule has 5 aromatic rings. The average Bonchev–Trinajstić information content (AvgIpc) is 3.31. The first-order valence-electron chi connectivity index (χ1n) is 12.0. The van der Waals surface area contributed by atoms with Gasteiger partial charge in [0.15, 0.2) is 11.4 Å². The first kappa shape index (κ1) is 28.1. The summed E-state index contributed by atoms with van der Waals surface area (Å²) in [5, 5.41) is 13.4. The van der Waals surface area contributed by atoms with Gasteiger partial charge in [-0.25, -0.2) is 22.2 Å². The number of nitrogens with one attached hydrogen (secondary N) is 1. The Kier molecular flexibility index (Phi) is 7.21. The van der Waals surface area contributed by atoms with Crippen molar-refractivity contribution < 1.29 is 13.2 Å². The van der Waals surface area contributed by atoms with Crippen LogP contribution in [-0.4, -0.2) is 32.1 Å². The summed E-state index contributed by atoms with van der Waals surface area (Å²) in [7, 11) is -3.93. The molecule has 0 atom stereocenters. The second-order valence-corrected chi connectivity index (χ2v) is 12.0. The number of hydrogen-bond donors (Lipinski definition) is 1. The van der Waals surface area contributed by atoms with Crippen molar-refractivity contribution in [2.24, 2.45) is 0 Å². The molecular weight excluding hydrogens is 591 g/mol. The molecule has 0 saturated heterocycles. The Morgan fingerprint density at radius 1 is 1.07 bits per heavy atom. The SMILES string of the molecule is Cc1ccc(S(=O)(=O)n2cc(C(C)C)c3cc(Oc4c(Cl)cc(-n5nc(C#N)c(=O)[nH]c5=O)cc4Cl)cnc32)cc1. The molecule has 5 rings (SSSR count). The molecule has 0 unspecified atom stereocenters. The number of rotatable bonds is 6. The molecule has 0 aliphatic heterocycles. The average molecular weight is 611 g/mol. The molecule has 41 heavy (non-hydrogen) atoms. The van der Waals surface area contributed by atoms with Gasteiger partial charge in [0.05, 0.1) is 26.8 Å². The van der Waals surface area contributed by atoms with Crippen molar-refractivity contribution in [1.82, 2.24) is 23.7 Å². The number of benzene rings is 2. The van der Waals surface area contributed by atoms with Gasteiger partial charge in [-0.2, -0.15) is 9.94 Å². The molecule has 3 aromatic heterocycles. The fraction of sp³-hybridized carbons (Fsp3) is 0.148. The van der Waals surface area contributed by atoms with E-state index in [1.165, 1.54) is 18.3 Å². The summed E-state index contributed by atoms with van der Waals surface area (Å²) in [6.45, 7) is 5.74. The van der Waals surface area contributed by atoms with E-state index in [0.29, 0.717) is 5.39 Å². The van der Waals surface area contributed by atoms with Crippen LogP contribution < -0.4 is 16.0 Å². The summed E-state index contributed by atoms with van der Waals surface area (Å²) in [5.41, 5.74) is -0.355. The summed E-state index contributed by atoms with van der Waals surface area (Å²) in [6.07, 6.45) is 2.90. The van der Waals surface area contributed by atoms with Crippen LogP contribution in [0.15, 0.2) is 69.3 Å². The highest BCUT2D eigenvalue weighted by atomic mass is 35.5. The summed E-state index contributed by atoms with van der Waals surface area (Å²) < 4.78 is 34.9. The number of aromatic amines is 1. The predicted molar refractivity (Wildman–Crippen MR) is 153 cm³/mol. The Hall–Kier alpha value is -4.44. The molecule has 0 amide bonds. The first-order valence-corrected chi connectivity index (χ1v) is 14.2. The maximum Gasteiger partial charge on any atom is 0.349 e. The van der Waals surface area contributed by atoms with E-state index in [1.807, 2.05) is 25.8 Å². The number of pyridine rings is 1. The highest BCUT2D eigenvalue weighted by Gasteiger charge is 2.24. The van der Waals surface area contributed by atoms with Gasteiger partial charge in [0.25, 0.3) is 15.6 Å². The van der Waals surface area contributed by atoms with Crippen LogP contribution >= 0.6 is 23.2 Å². The van der Waals surface area contributed by atoms with Crippen LogP contribution in [0.2, 0.25) is 10.0 Å². The Morgan fingerprint density at radius 3 is 2.34 bits per heavy atom. The van der Waals surface area contributed by atoms with Crippen LogP contribution in [0.3, 0.4) is 0 Å². The van der Waals surface area contributed by atoms with Crippen molar-refractivity contribution >= 4 is 44.3 Å². The number of ether oxygens (including phenoxy) is 1. The number of fused-ring (bicyclic) bond motifs is 1. The minimum Gasteiger partial charge on any atom is -0.453 e. The van der Waals surface area contributed by atoms with Crippen LogP contribution in [0.1, 0.15) is 36.6 Å². The molecule has 208 valence electrons. The molecule has 14 heteroatoms. The highest BCUT2D eigenvalue weighted by Crippen LogP contribution is 2.39. The third-order valence-corrected chi connectivity index (χ3v) is 8.42. The van der Waals surface area contributed by atoms with Gasteiger partial charge in [0.1, 0.15) is 11.8 Å². The minimum absolute atomic E-state index is 0.00499. The Balaban J connectivity index is 1.56. The van der Waals surface area contributed by atoms with E-state index in [4.69, 9.17) is 33.2 Å². The van der Waals surface area contributed by atoms with Crippen molar-refractivity contribution in [3.63, 3.8) is 0 Å². The van der Waals surface area contributed by atoms with E-state index in [2.05, 4.69) is 10.1 Å². The number of aryl methyl sites for hydroxylation is 1. The second kappa shape index (κ2) is 10.5. The second-order valence-electron chi connectivity index (χ2n) is 9.37. The Bertz CT molecular complexity index is 2090. The number of H-pyrrole nitrogens is 1. The smallest absolute Gasteiger partial charge is 0.349 e. The van der Waals surface area contributed by atoms with E-state index in [0.717, 1.165) is 19.8 Å². The van der Waals surface area contributed by atoms with Gasteiger partial charge in [-0.15, -0.1) is 5.10 Å². The number of aromatic nitrogens is 5. The third kappa shape index (κ3) is 5.11. The highest BCUT2D eigenvalue weighted by molar-refractivity contribution is 7.90. The molecule has 0 spiro atoms. The number of hydrogen-bond acceptors (Lipinski definition) is 8. The molecule has 0 radical (unpaired) electrons. The van der Waals surface area contributed by atoms with Gasteiger partial charge < -0.3 is 4.74 Å².